The predicted octanol–water partition coefficient (Wildman–Crippen LogP) is 2.70. The van der Waals surface area contributed by atoms with Gasteiger partial charge in [0.2, 0.25) is 5.95 Å². The molecule has 2 aromatic heterocycles. The highest BCUT2D eigenvalue weighted by Crippen LogP contribution is 2.33. The van der Waals surface area contributed by atoms with Crippen LogP contribution in [0.4, 0.5) is 5.95 Å². The molecule has 1 atom stereocenters. The molecule has 0 saturated carbocycles. The summed E-state index contributed by atoms with van der Waals surface area (Å²) >= 11 is 3.38. The first kappa shape index (κ1) is 12.6. The Morgan fingerprint density at radius 3 is 2.68 bits per heavy atom. The molecule has 0 radical (unpaired) electrons. The van der Waals surface area contributed by atoms with Crippen LogP contribution in [0.5, 0.6) is 0 Å². The smallest absolute Gasteiger partial charge is 0.225 e. The number of nitrogens with zero attached hydrogens (tertiary/aromatic N) is 5. The molecule has 3 heterocycles. The first-order valence-electron chi connectivity index (χ1n) is 6.47. The molecular weight excluding hydrogens is 306 g/mol. The number of aryl methyl sites for hydroxylation is 1. The van der Waals surface area contributed by atoms with Crippen LogP contribution in [0, 0.1) is 0 Å². The minimum Gasteiger partial charge on any atom is -0.334 e. The molecule has 1 aliphatic heterocycles. The van der Waals surface area contributed by atoms with Crippen molar-refractivity contribution < 1.29 is 0 Å². The monoisotopic (exact) mass is 321 g/mol. The molecule has 0 N–H and O–H groups in total. The topological polar surface area (TPSA) is 46.8 Å². The molecule has 100 valence electrons. The fourth-order valence-electron chi connectivity index (χ4n) is 2.58. The van der Waals surface area contributed by atoms with Crippen LogP contribution in [-0.2, 0) is 7.05 Å². The van der Waals surface area contributed by atoms with Crippen molar-refractivity contribution in [3.8, 4) is 0 Å². The Balaban J connectivity index is 1.90. The van der Waals surface area contributed by atoms with Crippen LogP contribution in [0.3, 0.4) is 0 Å². The van der Waals surface area contributed by atoms with Gasteiger partial charge in [0, 0.05) is 37.7 Å². The quantitative estimate of drug-likeness (QED) is 0.853. The van der Waals surface area contributed by atoms with Crippen LogP contribution in [0.2, 0.25) is 0 Å². The first-order valence-corrected chi connectivity index (χ1v) is 7.26. The highest BCUT2D eigenvalue weighted by Gasteiger charge is 2.26. The average Bonchev–Trinajstić information content (AvgIpc) is 2.86. The molecule has 1 fully saturated rings. The third-order valence-electron chi connectivity index (χ3n) is 3.48. The average molecular weight is 322 g/mol. The Bertz CT molecular complexity index is 550. The van der Waals surface area contributed by atoms with Crippen molar-refractivity contribution in [1.29, 1.82) is 0 Å². The molecule has 0 aliphatic carbocycles. The zero-order valence-corrected chi connectivity index (χ0v) is 12.4. The third kappa shape index (κ3) is 2.63. The second-order valence-corrected chi connectivity index (χ2v) is 5.77. The van der Waals surface area contributed by atoms with E-state index in [1.807, 2.05) is 17.9 Å². The molecule has 1 saturated heterocycles. The van der Waals surface area contributed by atoms with Crippen molar-refractivity contribution in [2.24, 2.45) is 7.05 Å². The molecule has 0 bridgehead atoms. The molecule has 3 rings (SSSR count). The van der Waals surface area contributed by atoms with Crippen molar-refractivity contribution in [3.05, 3.63) is 34.8 Å². The van der Waals surface area contributed by atoms with Crippen molar-refractivity contribution >= 4 is 21.9 Å². The Kier molecular flexibility index (Phi) is 3.50. The van der Waals surface area contributed by atoms with E-state index in [1.165, 1.54) is 18.4 Å². The van der Waals surface area contributed by atoms with Gasteiger partial charge in [-0.25, -0.2) is 9.97 Å². The number of piperidine rings is 1. The van der Waals surface area contributed by atoms with E-state index >= 15 is 0 Å². The predicted molar refractivity (Wildman–Crippen MR) is 76.9 cm³/mol. The lowest BCUT2D eigenvalue weighted by molar-refractivity contribution is 0.465. The van der Waals surface area contributed by atoms with Crippen molar-refractivity contribution in [1.82, 2.24) is 19.7 Å². The van der Waals surface area contributed by atoms with Crippen LogP contribution in [0.15, 0.2) is 29.3 Å². The van der Waals surface area contributed by atoms with E-state index in [0.29, 0.717) is 6.04 Å². The fourth-order valence-corrected chi connectivity index (χ4v) is 2.79. The number of aromatic nitrogens is 4. The van der Waals surface area contributed by atoms with E-state index in [-0.39, 0.29) is 0 Å². The molecule has 6 heteroatoms. The summed E-state index contributed by atoms with van der Waals surface area (Å²) in [6.45, 7) is 1.00. The van der Waals surface area contributed by atoms with Crippen molar-refractivity contribution in [3.63, 3.8) is 0 Å². The van der Waals surface area contributed by atoms with E-state index in [2.05, 4.69) is 42.1 Å². The maximum absolute atomic E-state index is 4.43. The van der Waals surface area contributed by atoms with E-state index in [4.69, 9.17) is 0 Å². The zero-order chi connectivity index (χ0) is 13.2. The molecule has 1 unspecified atom stereocenters. The first-order chi connectivity index (χ1) is 9.24. The third-order valence-corrected chi connectivity index (χ3v) is 3.89. The largest absolute Gasteiger partial charge is 0.334 e. The normalized spacial score (nSPS) is 19.7. The molecular formula is C13H16BrN5. The Labute approximate surface area is 120 Å². The van der Waals surface area contributed by atoms with Crippen LogP contribution in [0.1, 0.15) is 30.9 Å². The molecule has 0 aromatic carbocycles. The van der Waals surface area contributed by atoms with Gasteiger partial charge in [-0.2, -0.15) is 5.10 Å². The lowest BCUT2D eigenvalue weighted by atomic mass is 9.98. The molecule has 5 nitrogen and oxygen atoms in total. The van der Waals surface area contributed by atoms with E-state index < -0.39 is 0 Å². The van der Waals surface area contributed by atoms with Gasteiger partial charge in [-0.15, -0.1) is 0 Å². The molecule has 1 aliphatic rings. The molecule has 2 aromatic rings. The van der Waals surface area contributed by atoms with Gasteiger partial charge < -0.3 is 4.90 Å². The summed E-state index contributed by atoms with van der Waals surface area (Å²) in [5, 5.41) is 4.28. The number of rotatable bonds is 2. The standard InChI is InChI=1S/C13H16BrN5/c1-18-9-10(6-17-18)12-4-2-3-5-19(12)13-15-7-11(14)8-16-13/h6-9,12H,2-5H2,1H3. The summed E-state index contributed by atoms with van der Waals surface area (Å²) in [7, 11) is 1.95. The van der Waals surface area contributed by atoms with Gasteiger partial charge in [-0.1, -0.05) is 0 Å². The highest BCUT2D eigenvalue weighted by molar-refractivity contribution is 9.10. The number of hydrogen-bond donors (Lipinski definition) is 0. The summed E-state index contributed by atoms with van der Waals surface area (Å²) < 4.78 is 2.76. The van der Waals surface area contributed by atoms with Gasteiger partial charge in [0.15, 0.2) is 0 Å². The SMILES string of the molecule is Cn1cc(C2CCCCN2c2ncc(Br)cn2)cn1. The number of hydrogen-bond acceptors (Lipinski definition) is 4. The number of halogens is 1. The summed E-state index contributed by atoms with van der Waals surface area (Å²) in [6, 6.07) is 0.337. The van der Waals surface area contributed by atoms with Gasteiger partial charge in [-0.3, -0.25) is 4.68 Å². The maximum atomic E-state index is 4.43. The van der Waals surface area contributed by atoms with Gasteiger partial charge in [0.1, 0.15) is 0 Å². The molecule has 0 amide bonds. The van der Waals surface area contributed by atoms with Crippen LogP contribution < -0.4 is 4.90 Å². The van der Waals surface area contributed by atoms with Gasteiger partial charge in [0.25, 0.3) is 0 Å². The summed E-state index contributed by atoms with van der Waals surface area (Å²) in [6.07, 6.45) is 11.2. The van der Waals surface area contributed by atoms with Crippen LogP contribution in [-0.4, -0.2) is 26.3 Å². The zero-order valence-electron chi connectivity index (χ0n) is 10.8. The van der Waals surface area contributed by atoms with Gasteiger partial charge in [0.05, 0.1) is 16.7 Å². The Hall–Kier alpha value is -1.43. The Morgan fingerprint density at radius 1 is 1.21 bits per heavy atom. The van der Waals surface area contributed by atoms with E-state index in [0.717, 1.165) is 23.4 Å². The van der Waals surface area contributed by atoms with Crippen LogP contribution >= 0.6 is 15.9 Å². The van der Waals surface area contributed by atoms with E-state index in [9.17, 15) is 0 Å². The van der Waals surface area contributed by atoms with Crippen molar-refractivity contribution in [2.75, 3.05) is 11.4 Å². The lowest BCUT2D eigenvalue weighted by Gasteiger charge is -2.35. The summed E-state index contributed by atoms with van der Waals surface area (Å²) in [4.78, 5) is 11.1. The maximum Gasteiger partial charge on any atom is 0.225 e. The van der Waals surface area contributed by atoms with Gasteiger partial charge in [-0.05, 0) is 35.2 Å². The summed E-state index contributed by atoms with van der Waals surface area (Å²) in [5.41, 5.74) is 1.24. The van der Waals surface area contributed by atoms with E-state index in [1.54, 1.807) is 12.4 Å². The summed E-state index contributed by atoms with van der Waals surface area (Å²) in [5.74, 6) is 0.803. The highest BCUT2D eigenvalue weighted by atomic mass is 79.9. The second kappa shape index (κ2) is 5.28. The molecule has 19 heavy (non-hydrogen) atoms. The fraction of sp³-hybridized carbons (Fsp3) is 0.462. The van der Waals surface area contributed by atoms with Crippen LogP contribution in [0.25, 0.3) is 0 Å². The van der Waals surface area contributed by atoms with Crippen molar-refractivity contribution in [2.45, 2.75) is 25.3 Å². The second-order valence-electron chi connectivity index (χ2n) is 4.85. The minimum absolute atomic E-state index is 0.337. The Morgan fingerprint density at radius 2 is 2.00 bits per heavy atom. The lowest BCUT2D eigenvalue weighted by Crippen LogP contribution is -2.34. The molecule has 0 spiro atoms. The minimum atomic E-state index is 0.337. The van der Waals surface area contributed by atoms with Gasteiger partial charge >= 0.3 is 0 Å². The number of anilines is 1.